The van der Waals surface area contributed by atoms with Crippen LogP contribution in [0.3, 0.4) is 0 Å². The zero-order valence-corrected chi connectivity index (χ0v) is 12.2. The lowest BCUT2D eigenvalue weighted by atomic mass is 9.49. The molecule has 2 nitrogen and oxygen atoms in total. The molecule has 0 aromatic heterocycles. The van der Waals surface area contributed by atoms with E-state index in [4.69, 9.17) is 0 Å². The maximum atomic E-state index is 12.8. The molecule has 0 aliphatic heterocycles. The summed E-state index contributed by atoms with van der Waals surface area (Å²) in [7, 11) is 0. The van der Waals surface area contributed by atoms with Gasteiger partial charge in [0.25, 0.3) is 0 Å². The van der Waals surface area contributed by atoms with Gasteiger partial charge >= 0.3 is 0 Å². The molecule has 5 aliphatic carbocycles. The molecule has 2 atom stereocenters. The van der Waals surface area contributed by atoms with Crippen LogP contribution in [0.15, 0.2) is 0 Å². The maximum absolute atomic E-state index is 12.8. The van der Waals surface area contributed by atoms with E-state index in [1.54, 1.807) is 0 Å². The number of nitrogens with one attached hydrogen (secondary N) is 1. The van der Waals surface area contributed by atoms with Crippen molar-refractivity contribution in [2.24, 2.45) is 29.1 Å². The first-order valence-corrected chi connectivity index (χ1v) is 8.44. The van der Waals surface area contributed by atoms with E-state index >= 15 is 0 Å². The van der Waals surface area contributed by atoms with Crippen molar-refractivity contribution in [1.29, 1.82) is 0 Å². The van der Waals surface area contributed by atoms with E-state index in [1.165, 1.54) is 57.8 Å². The van der Waals surface area contributed by atoms with Gasteiger partial charge in [0.2, 0.25) is 5.91 Å². The first-order chi connectivity index (χ1) is 9.13. The number of amides is 1. The monoisotopic (exact) mass is 261 g/mol. The highest BCUT2D eigenvalue weighted by Crippen LogP contribution is 2.60. The summed E-state index contributed by atoms with van der Waals surface area (Å²) in [6, 6.07) is 0.482. The summed E-state index contributed by atoms with van der Waals surface area (Å²) < 4.78 is 0. The van der Waals surface area contributed by atoms with Gasteiger partial charge in [-0.15, -0.1) is 0 Å². The Kier molecular flexibility index (Phi) is 2.72. The molecule has 5 fully saturated rings. The van der Waals surface area contributed by atoms with Crippen LogP contribution in [0, 0.1) is 29.1 Å². The minimum Gasteiger partial charge on any atom is -0.353 e. The van der Waals surface area contributed by atoms with E-state index in [-0.39, 0.29) is 5.41 Å². The number of carbonyl (C=O) groups is 1. The molecule has 0 radical (unpaired) electrons. The number of rotatable bonds is 2. The molecule has 5 rings (SSSR count). The van der Waals surface area contributed by atoms with Gasteiger partial charge in [-0.1, -0.05) is 6.92 Å². The fraction of sp³-hybridized carbons (Fsp3) is 0.941. The summed E-state index contributed by atoms with van der Waals surface area (Å²) >= 11 is 0. The Morgan fingerprint density at radius 1 is 0.947 bits per heavy atom. The molecular weight excluding hydrogens is 234 g/mol. The van der Waals surface area contributed by atoms with Crippen LogP contribution in [0.2, 0.25) is 0 Å². The molecule has 106 valence electrons. The van der Waals surface area contributed by atoms with Crippen LogP contribution >= 0.6 is 0 Å². The zero-order chi connectivity index (χ0) is 13.0. The van der Waals surface area contributed by atoms with Gasteiger partial charge in [0, 0.05) is 11.5 Å². The first-order valence-electron chi connectivity index (χ1n) is 8.44. The molecule has 2 unspecified atom stereocenters. The maximum Gasteiger partial charge on any atom is 0.226 e. The standard InChI is InChI=1S/C17H27NO/c1-11-2-3-15(4-11)18-16(19)17-8-12-5-13(9-17)7-14(6-12)10-17/h11-15H,2-10H2,1H3,(H,18,19). The third kappa shape index (κ3) is 2.02. The van der Waals surface area contributed by atoms with Crippen molar-refractivity contribution >= 4 is 5.91 Å². The second-order valence-electron chi connectivity index (χ2n) is 8.29. The van der Waals surface area contributed by atoms with Gasteiger partial charge in [0.1, 0.15) is 0 Å². The van der Waals surface area contributed by atoms with Crippen molar-refractivity contribution in [3.8, 4) is 0 Å². The zero-order valence-electron chi connectivity index (χ0n) is 12.2. The Bertz CT molecular complexity index is 353. The highest BCUT2D eigenvalue weighted by molar-refractivity contribution is 5.83. The van der Waals surface area contributed by atoms with Crippen LogP contribution in [-0.4, -0.2) is 11.9 Å². The van der Waals surface area contributed by atoms with Crippen LogP contribution in [0.1, 0.15) is 64.7 Å². The largest absolute Gasteiger partial charge is 0.353 e. The highest BCUT2D eigenvalue weighted by Gasteiger charge is 2.54. The van der Waals surface area contributed by atoms with Crippen molar-refractivity contribution in [3.05, 3.63) is 0 Å². The van der Waals surface area contributed by atoms with E-state index in [2.05, 4.69) is 12.2 Å². The fourth-order valence-corrected chi connectivity index (χ4v) is 6.07. The molecule has 0 spiro atoms. The second-order valence-corrected chi connectivity index (χ2v) is 8.29. The normalized spacial score (nSPS) is 51.5. The Hall–Kier alpha value is -0.530. The summed E-state index contributed by atoms with van der Waals surface area (Å²) in [4.78, 5) is 12.8. The summed E-state index contributed by atoms with van der Waals surface area (Å²) in [5.41, 5.74) is 0.0561. The molecule has 0 aromatic rings. The highest BCUT2D eigenvalue weighted by atomic mass is 16.2. The van der Waals surface area contributed by atoms with Crippen LogP contribution in [-0.2, 0) is 4.79 Å². The molecule has 0 aromatic carbocycles. The molecule has 19 heavy (non-hydrogen) atoms. The molecule has 0 saturated heterocycles. The van der Waals surface area contributed by atoms with Crippen molar-refractivity contribution in [2.45, 2.75) is 70.8 Å². The smallest absolute Gasteiger partial charge is 0.226 e. The molecule has 5 saturated carbocycles. The minimum atomic E-state index is 0.0561. The van der Waals surface area contributed by atoms with Crippen LogP contribution in [0.25, 0.3) is 0 Å². The Morgan fingerprint density at radius 3 is 2.00 bits per heavy atom. The second kappa shape index (κ2) is 4.23. The molecule has 0 heterocycles. The molecule has 5 aliphatic rings. The van der Waals surface area contributed by atoms with Gasteiger partial charge in [-0.25, -0.2) is 0 Å². The Labute approximate surface area is 116 Å². The lowest BCUT2D eigenvalue weighted by molar-refractivity contribution is -0.147. The fourth-order valence-electron chi connectivity index (χ4n) is 6.07. The van der Waals surface area contributed by atoms with Gasteiger partial charge in [0.05, 0.1) is 0 Å². The van der Waals surface area contributed by atoms with Gasteiger partial charge in [0.15, 0.2) is 0 Å². The third-order valence-corrected chi connectivity index (χ3v) is 6.55. The number of carbonyl (C=O) groups excluding carboxylic acids is 1. The molecule has 1 amide bonds. The topological polar surface area (TPSA) is 29.1 Å². The van der Waals surface area contributed by atoms with Gasteiger partial charge in [-0.05, 0) is 81.5 Å². The lowest BCUT2D eigenvalue weighted by Crippen LogP contribution is -2.54. The van der Waals surface area contributed by atoms with Crippen molar-refractivity contribution in [1.82, 2.24) is 5.32 Å². The quantitative estimate of drug-likeness (QED) is 0.810. The molecular formula is C17H27NO. The van der Waals surface area contributed by atoms with E-state index < -0.39 is 0 Å². The summed E-state index contributed by atoms with van der Waals surface area (Å²) in [6.07, 6.45) is 11.6. The Balaban J connectivity index is 1.47. The Morgan fingerprint density at radius 2 is 1.53 bits per heavy atom. The predicted molar refractivity (Wildman–Crippen MR) is 75.6 cm³/mol. The summed E-state index contributed by atoms with van der Waals surface area (Å²) in [5, 5.41) is 3.43. The van der Waals surface area contributed by atoms with E-state index in [9.17, 15) is 4.79 Å². The summed E-state index contributed by atoms with van der Waals surface area (Å²) in [5.74, 6) is 3.87. The SMILES string of the molecule is CC1CCC(NC(=O)C23CC4CC(CC(C4)C2)C3)C1. The van der Waals surface area contributed by atoms with Crippen molar-refractivity contribution in [2.75, 3.05) is 0 Å². The molecule has 2 heteroatoms. The minimum absolute atomic E-state index is 0.0561. The van der Waals surface area contributed by atoms with Crippen molar-refractivity contribution in [3.63, 3.8) is 0 Å². The van der Waals surface area contributed by atoms with E-state index in [1.807, 2.05) is 0 Å². The average molecular weight is 261 g/mol. The predicted octanol–water partition coefficient (Wildman–Crippen LogP) is 3.51. The summed E-state index contributed by atoms with van der Waals surface area (Å²) in [6.45, 7) is 2.32. The van der Waals surface area contributed by atoms with Crippen LogP contribution in [0.5, 0.6) is 0 Å². The van der Waals surface area contributed by atoms with Crippen LogP contribution < -0.4 is 5.32 Å². The van der Waals surface area contributed by atoms with Gasteiger partial charge < -0.3 is 5.32 Å². The first kappa shape index (κ1) is 12.2. The van der Waals surface area contributed by atoms with E-state index in [0.29, 0.717) is 11.9 Å². The third-order valence-electron chi connectivity index (χ3n) is 6.55. The lowest BCUT2D eigenvalue weighted by Gasteiger charge is -2.55. The van der Waals surface area contributed by atoms with E-state index in [0.717, 1.165) is 23.7 Å². The molecule has 4 bridgehead atoms. The van der Waals surface area contributed by atoms with Crippen LogP contribution in [0.4, 0.5) is 0 Å². The number of hydrogen-bond donors (Lipinski definition) is 1. The number of hydrogen-bond acceptors (Lipinski definition) is 1. The van der Waals surface area contributed by atoms with Gasteiger partial charge in [-0.2, -0.15) is 0 Å². The average Bonchev–Trinajstić information content (AvgIpc) is 2.73. The molecule has 1 N–H and O–H groups in total. The van der Waals surface area contributed by atoms with Crippen molar-refractivity contribution < 1.29 is 4.79 Å². The van der Waals surface area contributed by atoms with Gasteiger partial charge in [-0.3, -0.25) is 4.79 Å².